The number of carbonyl (C=O) groups is 1. The van der Waals surface area contributed by atoms with E-state index in [1.165, 1.54) is 0 Å². The predicted octanol–water partition coefficient (Wildman–Crippen LogP) is -0.244. The molecule has 0 aliphatic carbocycles. The molecule has 42 valence electrons. The van der Waals surface area contributed by atoms with Crippen molar-refractivity contribution in [2.75, 3.05) is 6.54 Å². The van der Waals surface area contributed by atoms with Gasteiger partial charge in [-0.25, -0.2) is 0 Å². The third kappa shape index (κ3) is 0.671. The Balaban J connectivity index is 2.58. The van der Waals surface area contributed by atoms with Gasteiger partial charge in [0.25, 0.3) is 0 Å². The van der Waals surface area contributed by atoms with Crippen LogP contribution in [-0.2, 0) is 4.79 Å². The SMILES string of the molecule is C#C[C@H]1CCNC1=O. The second-order valence-corrected chi connectivity index (χ2v) is 1.80. The van der Waals surface area contributed by atoms with E-state index in [0.29, 0.717) is 0 Å². The minimum atomic E-state index is -0.157. The molecule has 0 aromatic carbocycles. The zero-order valence-electron chi connectivity index (χ0n) is 4.48. The van der Waals surface area contributed by atoms with Gasteiger partial charge in [0.1, 0.15) is 5.92 Å². The topological polar surface area (TPSA) is 29.1 Å². The maximum atomic E-state index is 10.6. The average molecular weight is 109 g/mol. The van der Waals surface area contributed by atoms with Crippen LogP contribution in [0.2, 0.25) is 0 Å². The van der Waals surface area contributed by atoms with Crippen molar-refractivity contribution in [2.24, 2.45) is 5.92 Å². The van der Waals surface area contributed by atoms with Gasteiger partial charge in [-0.05, 0) is 6.42 Å². The Morgan fingerprint density at radius 1 is 1.88 bits per heavy atom. The molecule has 0 aromatic heterocycles. The van der Waals surface area contributed by atoms with Gasteiger partial charge in [-0.2, -0.15) is 0 Å². The van der Waals surface area contributed by atoms with Crippen LogP contribution in [-0.4, -0.2) is 12.5 Å². The zero-order chi connectivity index (χ0) is 5.98. The number of rotatable bonds is 0. The number of hydrogen-bond acceptors (Lipinski definition) is 1. The lowest BCUT2D eigenvalue weighted by Crippen LogP contribution is -2.17. The first-order valence-electron chi connectivity index (χ1n) is 2.58. The molecule has 0 aromatic rings. The van der Waals surface area contributed by atoms with Crippen LogP contribution in [0.3, 0.4) is 0 Å². The molecule has 1 amide bonds. The quantitative estimate of drug-likeness (QED) is 0.427. The fourth-order valence-electron chi connectivity index (χ4n) is 0.753. The molecule has 1 heterocycles. The highest BCUT2D eigenvalue weighted by molar-refractivity contribution is 5.83. The van der Waals surface area contributed by atoms with Gasteiger partial charge < -0.3 is 5.32 Å². The molecule has 1 saturated heterocycles. The molecule has 0 spiro atoms. The van der Waals surface area contributed by atoms with Crippen molar-refractivity contribution in [1.82, 2.24) is 5.32 Å². The third-order valence-corrected chi connectivity index (χ3v) is 1.25. The number of terminal acetylenes is 1. The van der Waals surface area contributed by atoms with Crippen LogP contribution in [0.25, 0.3) is 0 Å². The molecule has 0 unspecified atom stereocenters. The minimum Gasteiger partial charge on any atom is -0.355 e. The van der Waals surface area contributed by atoms with Gasteiger partial charge in [-0.1, -0.05) is 5.92 Å². The van der Waals surface area contributed by atoms with Gasteiger partial charge in [-0.15, -0.1) is 6.42 Å². The first-order valence-corrected chi connectivity index (χ1v) is 2.58. The average Bonchev–Trinajstić information content (AvgIpc) is 2.14. The Bertz CT molecular complexity index is 145. The third-order valence-electron chi connectivity index (χ3n) is 1.25. The summed E-state index contributed by atoms with van der Waals surface area (Å²) in [7, 11) is 0. The highest BCUT2D eigenvalue weighted by atomic mass is 16.2. The molecule has 0 saturated carbocycles. The Morgan fingerprint density at radius 2 is 2.62 bits per heavy atom. The first-order chi connectivity index (χ1) is 3.84. The van der Waals surface area contributed by atoms with Gasteiger partial charge in [0.05, 0.1) is 0 Å². The number of nitrogens with one attached hydrogen (secondary N) is 1. The summed E-state index contributed by atoms with van der Waals surface area (Å²) < 4.78 is 0. The van der Waals surface area contributed by atoms with E-state index >= 15 is 0 Å². The number of carbonyl (C=O) groups excluding carboxylic acids is 1. The van der Waals surface area contributed by atoms with E-state index in [-0.39, 0.29) is 11.8 Å². The fourth-order valence-corrected chi connectivity index (χ4v) is 0.753. The lowest BCUT2D eigenvalue weighted by atomic mass is 10.1. The molecule has 1 atom stereocenters. The minimum absolute atomic E-state index is 0.00694. The van der Waals surface area contributed by atoms with E-state index in [1.807, 2.05) is 0 Å². The van der Waals surface area contributed by atoms with E-state index in [4.69, 9.17) is 6.42 Å². The van der Waals surface area contributed by atoms with Crippen LogP contribution in [0.4, 0.5) is 0 Å². The highest BCUT2D eigenvalue weighted by Gasteiger charge is 2.20. The van der Waals surface area contributed by atoms with Crippen molar-refractivity contribution in [3.05, 3.63) is 0 Å². The normalized spacial score (nSPS) is 26.9. The molecular formula is C6H7NO. The largest absolute Gasteiger partial charge is 0.355 e. The zero-order valence-corrected chi connectivity index (χ0v) is 4.48. The van der Waals surface area contributed by atoms with Crippen molar-refractivity contribution in [1.29, 1.82) is 0 Å². The van der Waals surface area contributed by atoms with Crippen molar-refractivity contribution < 1.29 is 4.79 Å². The van der Waals surface area contributed by atoms with E-state index in [0.717, 1.165) is 13.0 Å². The van der Waals surface area contributed by atoms with Crippen molar-refractivity contribution >= 4 is 5.91 Å². The Labute approximate surface area is 48.3 Å². The van der Waals surface area contributed by atoms with E-state index in [9.17, 15) is 4.79 Å². The molecule has 1 aliphatic heterocycles. The first kappa shape index (κ1) is 5.17. The molecule has 1 aliphatic rings. The van der Waals surface area contributed by atoms with Gasteiger partial charge in [-0.3, -0.25) is 4.79 Å². The molecule has 1 rings (SSSR count). The lowest BCUT2D eigenvalue weighted by molar-refractivity contribution is -0.120. The van der Waals surface area contributed by atoms with Crippen LogP contribution < -0.4 is 5.32 Å². The summed E-state index contributed by atoms with van der Waals surface area (Å²) in [6.45, 7) is 0.744. The van der Waals surface area contributed by atoms with E-state index < -0.39 is 0 Å². The highest BCUT2D eigenvalue weighted by Crippen LogP contribution is 2.05. The summed E-state index contributed by atoms with van der Waals surface area (Å²) in [6, 6.07) is 0. The van der Waals surface area contributed by atoms with Gasteiger partial charge in [0.2, 0.25) is 5.91 Å². The second-order valence-electron chi connectivity index (χ2n) is 1.80. The molecule has 1 fully saturated rings. The summed E-state index contributed by atoms with van der Waals surface area (Å²) >= 11 is 0. The Kier molecular flexibility index (Phi) is 1.21. The van der Waals surface area contributed by atoms with Crippen molar-refractivity contribution in [3.8, 4) is 12.3 Å². The molecule has 1 N–H and O–H groups in total. The van der Waals surface area contributed by atoms with Crippen molar-refractivity contribution in [2.45, 2.75) is 6.42 Å². The predicted molar refractivity (Wildman–Crippen MR) is 29.9 cm³/mol. The maximum absolute atomic E-state index is 10.6. The maximum Gasteiger partial charge on any atom is 0.235 e. The monoisotopic (exact) mass is 109 g/mol. The molecule has 0 bridgehead atoms. The second kappa shape index (κ2) is 1.87. The Hall–Kier alpha value is -0.970. The Morgan fingerprint density at radius 3 is 2.88 bits per heavy atom. The van der Waals surface area contributed by atoms with Crippen LogP contribution >= 0.6 is 0 Å². The molecular weight excluding hydrogens is 102 g/mol. The fraction of sp³-hybridized carbons (Fsp3) is 0.500. The van der Waals surface area contributed by atoms with Gasteiger partial charge in [0.15, 0.2) is 0 Å². The standard InChI is InChI=1S/C6H7NO/c1-2-5-3-4-7-6(5)8/h1,5H,3-4H2,(H,7,8)/t5-/m0/s1. The van der Waals surface area contributed by atoms with Gasteiger partial charge >= 0.3 is 0 Å². The van der Waals surface area contributed by atoms with Crippen LogP contribution in [0, 0.1) is 18.3 Å². The summed E-state index contributed by atoms with van der Waals surface area (Å²) in [4.78, 5) is 10.6. The smallest absolute Gasteiger partial charge is 0.235 e. The summed E-state index contributed by atoms with van der Waals surface area (Å²) in [5.41, 5.74) is 0. The molecule has 8 heavy (non-hydrogen) atoms. The summed E-state index contributed by atoms with van der Waals surface area (Å²) in [5.74, 6) is 2.25. The molecule has 2 nitrogen and oxygen atoms in total. The summed E-state index contributed by atoms with van der Waals surface area (Å²) in [5, 5.41) is 2.64. The van der Waals surface area contributed by atoms with Crippen molar-refractivity contribution in [3.63, 3.8) is 0 Å². The van der Waals surface area contributed by atoms with Crippen LogP contribution in [0.15, 0.2) is 0 Å². The molecule has 0 radical (unpaired) electrons. The van der Waals surface area contributed by atoms with Gasteiger partial charge in [0, 0.05) is 6.54 Å². The van der Waals surface area contributed by atoms with E-state index in [2.05, 4.69) is 11.2 Å². The number of hydrogen-bond donors (Lipinski definition) is 1. The number of amides is 1. The van der Waals surface area contributed by atoms with Crippen LogP contribution in [0.1, 0.15) is 6.42 Å². The summed E-state index contributed by atoms with van der Waals surface area (Å²) in [6.07, 6.45) is 5.81. The molecule has 2 heteroatoms. The van der Waals surface area contributed by atoms with Crippen LogP contribution in [0.5, 0.6) is 0 Å². The van der Waals surface area contributed by atoms with E-state index in [1.54, 1.807) is 0 Å². The lowest BCUT2D eigenvalue weighted by Gasteiger charge is -1.90.